The Balaban J connectivity index is 0.000000261. The van der Waals surface area contributed by atoms with Crippen molar-refractivity contribution in [2.24, 2.45) is 0 Å². The molecule has 0 aromatic carbocycles. The third kappa shape index (κ3) is 6.21. The molecular weight excluding hydrogens is 160 g/mol. The van der Waals surface area contributed by atoms with Gasteiger partial charge in [0.25, 0.3) is 0 Å². The number of pyridine rings is 1. The minimum Gasteiger partial charge on any atom is -0.356 e. The zero-order valence-corrected chi connectivity index (χ0v) is 6.27. The van der Waals surface area contributed by atoms with Gasteiger partial charge < -0.3 is 15.3 Å². The first-order chi connectivity index (χ1) is 5.66. The van der Waals surface area contributed by atoms with Crippen LogP contribution in [0, 0.1) is 15.3 Å². The lowest BCUT2D eigenvalue weighted by Crippen LogP contribution is -1.96. The lowest BCUT2D eigenvalue weighted by Gasteiger charge is -1.80. The molecule has 0 aliphatic heterocycles. The zero-order valence-electron chi connectivity index (χ0n) is 6.27. The second-order valence-corrected chi connectivity index (χ2v) is 1.76. The molecule has 0 fully saturated rings. The molecule has 0 unspecified atom stereocenters. The van der Waals surface area contributed by atoms with Crippen molar-refractivity contribution in [3.8, 4) is 0 Å². The number of nitrogens with one attached hydrogen (secondary N) is 1. The second kappa shape index (κ2) is 5.84. The van der Waals surface area contributed by atoms with Crippen LogP contribution in [0.5, 0.6) is 0 Å². The molecule has 5 heteroatoms. The molecule has 5 nitrogen and oxygen atoms in total. The molecule has 0 bridgehead atoms. The predicted octanol–water partition coefficient (Wildman–Crippen LogP) is 0.905. The summed E-state index contributed by atoms with van der Waals surface area (Å²) >= 11 is 0. The molecular formula is C7H8N2O3. The van der Waals surface area contributed by atoms with Gasteiger partial charge in [-0.05, 0) is 5.56 Å². The van der Waals surface area contributed by atoms with Crippen molar-refractivity contribution in [1.29, 1.82) is 0 Å². The molecule has 0 atom stereocenters. The maximum Gasteiger partial charge on any atom is 0.167 e. The van der Waals surface area contributed by atoms with Crippen LogP contribution in [0.2, 0.25) is 0 Å². The van der Waals surface area contributed by atoms with Gasteiger partial charge in [0.15, 0.2) is 12.4 Å². The summed E-state index contributed by atoms with van der Waals surface area (Å²) in [6, 6.07) is 3.93. The number of rotatable bonds is 1. The molecule has 0 saturated heterocycles. The molecule has 0 aliphatic carbocycles. The minimum atomic E-state index is -1.75. The summed E-state index contributed by atoms with van der Waals surface area (Å²) in [5, 5.41) is 14.8. The van der Waals surface area contributed by atoms with Crippen molar-refractivity contribution < 1.29 is 10.1 Å². The van der Waals surface area contributed by atoms with Gasteiger partial charge in [-0.15, -0.1) is 0 Å². The van der Waals surface area contributed by atoms with Crippen LogP contribution in [0.15, 0.2) is 31.1 Å². The van der Waals surface area contributed by atoms with Crippen LogP contribution < -0.4 is 4.98 Å². The van der Waals surface area contributed by atoms with Crippen molar-refractivity contribution in [1.82, 2.24) is 0 Å². The fourth-order valence-electron chi connectivity index (χ4n) is 0.536. The topological polar surface area (TPSA) is 80.3 Å². The van der Waals surface area contributed by atoms with Crippen molar-refractivity contribution >= 4 is 6.08 Å². The Morgan fingerprint density at radius 3 is 2.08 bits per heavy atom. The van der Waals surface area contributed by atoms with Gasteiger partial charge in [-0.3, -0.25) is 0 Å². The Morgan fingerprint density at radius 1 is 1.42 bits per heavy atom. The van der Waals surface area contributed by atoms with Gasteiger partial charge in [0.05, 0.1) is 5.09 Å². The van der Waals surface area contributed by atoms with Gasteiger partial charge in [0.1, 0.15) is 0 Å². The van der Waals surface area contributed by atoms with Gasteiger partial charge in [0, 0.05) is 12.1 Å². The summed E-state index contributed by atoms with van der Waals surface area (Å²) < 4.78 is 0. The van der Waals surface area contributed by atoms with Crippen molar-refractivity contribution in [2.75, 3.05) is 0 Å². The summed E-state index contributed by atoms with van der Waals surface area (Å²) in [6.45, 7) is 3.62. The van der Waals surface area contributed by atoms with Crippen molar-refractivity contribution in [3.05, 3.63) is 52.0 Å². The van der Waals surface area contributed by atoms with Crippen LogP contribution in [0.4, 0.5) is 0 Å². The lowest BCUT2D eigenvalue weighted by atomic mass is 10.3. The molecule has 0 aliphatic rings. The highest BCUT2D eigenvalue weighted by Crippen LogP contribution is 1.93. The van der Waals surface area contributed by atoms with E-state index >= 15 is 0 Å². The van der Waals surface area contributed by atoms with E-state index in [4.69, 9.17) is 15.3 Å². The minimum absolute atomic E-state index is 1.14. The molecule has 0 radical (unpaired) electrons. The monoisotopic (exact) mass is 168 g/mol. The third-order valence-corrected chi connectivity index (χ3v) is 0.980. The molecule has 0 spiro atoms. The molecule has 1 rings (SSSR count). The second-order valence-electron chi connectivity index (χ2n) is 1.76. The molecule has 0 amide bonds. The number of aromatic nitrogens is 1. The molecule has 1 aromatic rings. The van der Waals surface area contributed by atoms with Crippen molar-refractivity contribution in [2.45, 2.75) is 0 Å². The van der Waals surface area contributed by atoms with E-state index in [2.05, 4.69) is 11.6 Å². The summed E-state index contributed by atoms with van der Waals surface area (Å²) in [5.41, 5.74) is 1.14. The first kappa shape index (κ1) is 10.1. The van der Waals surface area contributed by atoms with E-state index in [-0.39, 0.29) is 0 Å². The van der Waals surface area contributed by atoms with Crippen LogP contribution >= 0.6 is 0 Å². The Labute approximate surface area is 69.1 Å². The van der Waals surface area contributed by atoms with Crippen LogP contribution in [0.3, 0.4) is 0 Å². The average molecular weight is 168 g/mol. The van der Waals surface area contributed by atoms with E-state index < -0.39 is 5.09 Å². The van der Waals surface area contributed by atoms with Gasteiger partial charge in [0.2, 0.25) is 0 Å². The molecule has 1 aromatic heterocycles. The molecule has 1 N–H and O–H groups in total. The third-order valence-electron chi connectivity index (χ3n) is 0.980. The summed E-state index contributed by atoms with van der Waals surface area (Å²) in [5.74, 6) is 0. The largest absolute Gasteiger partial charge is 0.356 e. The van der Waals surface area contributed by atoms with E-state index in [0.717, 1.165) is 5.56 Å². The van der Waals surface area contributed by atoms with Gasteiger partial charge in [-0.2, -0.15) is 0 Å². The maximum atomic E-state index is 8.25. The van der Waals surface area contributed by atoms with Gasteiger partial charge in [-0.25, -0.2) is 4.98 Å². The van der Waals surface area contributed by atoms with E-state index in [1.165, 1.54) is 0 Å². The summed E-state index contributed by atoms with van der Waals surface area (Å²) in [6.07, 6.45) is 5.56. The van der Waals surface area contributed by atoms with Crippen LogP contribution in [-0.4, -0.2) is 5.09 Å². The lowest BCUT2D eigenvalue weighted by molar-refractivity contribution is -0.402. The van der Waals surface area contributed by atoms with Crippen LogP contribution in [0.25, 0.3) is 6.08 Å². The first-order valence-corrected chi connectivity index (χ1v) is 3.07. The van der Waals surface area contributed by atoms with Crippen molar-refractivity contribution in [3.63, 3.8) is 0 Å². The smallest absolute Gasteiger partial charge is 0.167 e. The Hall–Kier alpha value is -1.91. The highest BCUT2D eigenvalue weighted by Gasteiger charge is 1.81. The standard InChI is InChI=1S/C7H7N.NO3/c1-2-7-3-5-8-6-4-7;2-1(3)4/h2-6H,1H2;/q;-1/p+1. The van der Waals surface area contributed by atoms with Gasteiger partial charge in [-0.1, -0.05) is 12.7 Å². The van der Waals surface area contributed by atoms with E-state index in [9.17, 15) is 0 Å². The summed E-state index contributed by atoms with van der Waals surface area (Å²) in [4.78, 5) is 11.2. The van der Waals surface area contributed by atoms with E-state index in [1.54, 1.807) is 0 Å². The fourth-order valence-corrected chi connectivity index (χ4v) is 0.536. The Morgan fingerprint density at radius 2 is 1.83 bits per heavy atom. The molecule has 1 heterocycles. The highest BCUT2D eigenvalue weighted by molar-refractivity contribution is 5.44. The molecule has 12 heavy (non-hydrogen) atoms. The highest BCUT2D eigenvalue weighted by atomic mass is 16.9. The number of hydrogen-bond acceptors (Lipinski definition) is 3. The summed E-state index contributed by atoms with van der Waals surface area (Å²) in [7, 11) is 0. The quantitative estimate of drug-likeness (QED) is 0.461. The SMILES string of the molecule is C=Cc1cc[nH+]cc1.O=[N+]([O-])[O-]. The van der Waals surface area contributed by atoms with E-state index in [0.29, 0.717) is 0 Å². The number of hydrogen-bond donors (Lipinski definition) is 0. The predicted molar refractivity (Wildman–Crippen MR) is 43.5 cm³/mol. The van der Waals surface area contributed by atoms with Gasteiger partial charge >= 0.3 is 0 Å². The zero-order chi connectivity index (χ0) is 9.40. The average Bonchev–Trinajstić information content (AvgIpc) is 2.05. The first-order valence-electron chi connectivity index (χ1n) is 3.07. The van der Waals surface area contributed by atoms with Crippen LogP contribution in [0.1, 0.15) is 5.56 Å². The number of nitrogens with zero attached hydrogens (tertiary/aromatic N) is 1. The number of aromatic amines is 1. The fraction of sp³-hybridized carbons (Fsp3) is 0. The molecule has 64 valence electrons. The molecule has 0 saturated carbocycles. The maximum absolute atomic E-state index is 8.25. The Bertz CT molecular complexity index is 244. The Kier molecular flexibility index (Phi) is 4.91. The normalized spacial score (nSPS) is 7.67. The van der Waals surface area contributed by atoms with E-state index in [1.807, 2.05) is 30.6 Å². The number of H-pyrrole nitrogens is 1. The van der Waals surface area contributed by atoms with Crippen LogP contribution in [-0.2, 0) is 0 Å².